The van der Waals surface area contributed by atoms with Crippen molar-refractivity contribution in [3.05, 3.63) is 45.6 Å². The summed E-state index contributed by atoms with van der Waals surface area (Å²) in [7, 11) is 0. The first kappa shape index (κ1) is 18.6. The molecule has 3 rings (SSSR count). The maximum atomic E-state index is 12.4. The molecule has 2 N–H and O–H groups in total. The third kappa shape index (κ3) is 3.16. The van der Waals surface area contributed by atoms with Crippen molar-refractivity contribution in [2.24, 2.45) is 0 Å². The second kappa shape index (κ2) is 7.68. The Labute approximate surface area is 136 Å². The lowest BCUT2D eigenvalue weighted by atomic mass is 10.1. The van der Waals surface area contributed by atoms with Crippen LogP contribution < -0.4 is 5.43 Å². The second-order valence-electron chi connectivity index (χ2n) is 4.60. The molecule has 2 aromatic carbocycles. The Morgan fingerprint density at radius 2 is 1.09 bits per heavy atom. The highest BCUT2D eigenvalue weighted by atomic mass is 16.3. The van der Waals surface area contributed by atoms with Crippen molar-refractivity contribution < 1.29 is 14.6 Å². The Kier molecular flexibility index (Phi) is 6.19. The van der Waals surface area contributed by atoms with E-state index in [2.05, 4.69) is 0 Å². The van der Waals surface area contributed by atoms with Crippen LogP contribution in [0.2, 0.25) is 0 Å². The van der Waals surface area contributed by atoms with Crippen LogP contribution in [0.25, 0.3) is 21.9 Å². The van der Waals surface area contributed by atoms with Crippen LogP contribution in [0, 0.1) is 13.8 Å². The summed E-state index contributed by atoms with van der Waals surface area (Å²) < 4.78 is 5.73. The minimum absolute atomic E-state index is 0.0767. The van der Waals surface area contributed by atoms with Gasteiger partial charge in [-0.25, -0.2) is 0 Å². The average molecular weight is 316 g/mol. The van der Waals surface area contributed by atoms with Gasteiger partial charge in [0.05, 0.1) is 10.8 Å². The molecule has 0 spiro atoms. The van der Waals surface area contributed by atoms with E-state index in [9.17, 15) is 15.0 Å². The minimum Gasteiger partial charge on any atom is -0.508 e. The average Bonchev–Trinajstić information content (AvgIpc) is 2.59. The Balaban J connectivity index is 0.000000615. The molecular formula is C19H24O4. The van der Waals surface area contributed by atoms with E-state index in [1.165, 1.54) is 12.1 Å². The van der Waals surface area contributed by atoms with Crippen LogP contribution in [0.4, 0.5) is 0 Å². The molecule has 0 amide bonds. The molecule has 0 saturated heterocycles. The lowest BCUT2D eigenvalue weighted by Crippen LogP contribution is -2.03. The molecular weight excluding hydrogens is 292 g/mol. The van der Waals surface area contributed by atoms with Crippen LogP contribution >= 0.6 is 0 Å². The summed E-state index contributed by atoms with van der Waals surface area (Å²) in [5.74, 6) is 0.153. The van der Waals surface area contributed by atoms with Crippen molar-refractivity contribution in [2.45, 2.75) is 41.5 Å². The maximum Gasteiger partial charge on any atom is 0.200 e. The lowest BCUT2D eigenvalue weighted by molar-refractivity contribution is 0.468. The predicted octanol–water partition coefficient (Wildman–Crippen LogP) is 5.03. The van der Waals surface area contributed by atoms with E-state index < -0.39 is 0 Å². The molecule has 1 heterocycles. The molecule has 0 unspecified atom stereocenters. The molecule has 0 bridgehead atoms. The molecule has 0 fully saturated rings. The molecule has 0 aliphatic heterocycles. The molecule has 0 radical (unpaired) electrons. The van der Waals surface area contributed by atoms with Crippen LogP contribution in [0.1, 0.15) is 38.8 Å². The fourth-order valence-corrected chi connectivity index (χ4v) is 2.23. The monoisotopic (exact) mass is 316 g/mol. The number of hydrogen-bond acceptors (Lipinski definition) is 4. The largest absolute Gasteiger partial charge is 0.508 e. The summed E-state index contributed by atoms with van der Waals surface area (Å²) in [4.78, 5) is 12.4. The molecule has 0 aliphatic rings. The highest BCUT2D eigenvalue weighted by Crippen LogP contribution is 2.30. The number of aromatic hydroxyl groups is 2. The van der Waals surface area contributed by atoms with Gasteiger partial charge in [-0.2, -0.15) is 0 Å². The first-order chi connectivity index (χ1) is 11.0. The van der Waals surface area contributed by atoms with Crippen molar-refractivity contribution in [3.8, 4) is 11.5 Å². The summed E-state index contributed by atoms with van der Waals surface area (Å²) in [5.41, 5.74) is 1.57. The van der Waals surface area contributed by atoms with Gasteiger partial charge in [-0.05, 0) is 38.1 Å². The van der Waals surface area contributed by atoms with Crippen LogP contribution in [0.15, 0.2) is 33.5 Å². The van der Waals surface area contributed by atoms with Gasteiger partial charge in [0, 0.05) is 11.1 Å². The number of aryl methyl sites for hydroxylation is 2. The molecule has 23 heavy (non-hydrogen) atoms. The third-order valence-corrected chi connectivity index (χ3v) is 3.45. The van der Waals surface area contributed by atoms with Crippen LogP contribution in [-0.2, 0) is 0 Å². The number of phenolic OH excluding ortho intramolecular Hbond substituents is 2. The van der Waals surface area contributed by atoms with Gasteiger partial charge >= 0.3 is 0 Å². The Morgan fingerprint density at radius 3 is 1.43 bits per heavy atom. The number of benzene rings is 2. The Bertz CT molecular complexity index is 807. The van der Waals surface area contributed by atoms with Gasteiger partial charge in [-0.1, -0.05) is 27.7 Å². The highest BCUT2D eigenvalue weighted by molar-refractivity contribution is 5.93. The van der Waals surface area contributed by atoms with Gasteiger partial charge in [0.15, 0.2) is 0 Å². The molecule has 0 atom stereocenters. The standard InChI is InChI=1S/C15H12O4.2C2H6/c1-7-11(16)5-3-9-13(18)10-4-6-12(17)8(2)15(10)19-14(7)9;2*1-2/h3-6,16-17H,1-2H3;2*1-2H3. The molecule has 0 aliphatic carbocycles. The third-order valence-electron chi connectivity index (χ3n) is 3.45. The summed E-state index contributed by atoms with van der Waals surface area (Å²) in [6, 6.07) is 6.05. The minimum atomic E-state index is -0.164. The van der Waals surface area contributed by atoms with Gasteiger partial charge in [-0.15, -0.1) is 0 Å². The summed E-state index contributed by atoms with van der Waals surface area (Å²) in [5, 5.41) is 20.2. The van der Waals surface area contributed by atoms with E-state index in [1.807, 2.05) is 27.7 Å². The zero-order chi connectivity index (χ0) is 17.7. The van der Waals surface area contributed by atoms with Crippen molar-refractivity contribution in [2.75, 3.05) is 0 Å². The second-order valence-corrected chi connectivity index (χ2v) is 4.60. The Morgan fingerprint density at radius 1 is 0.739 bits per heavy atom. The van der Waals surface area contributed by atoms with Gasteiger partial charge < -0.3 is 14.6 Å². The lowest BCUT2D eigenvalue weighted by Gasteiger charge is -2.08. The van der Waals surface area contributed by atoms with Crippen LogP contribution in [-0.4, -0.2) is 10.2 Å². The van der Waals surface area contributed by atoms with Gasteiger partial charge in [0.2, 0.25) is 5.43 Å². The molecule has 4 nitrogen and oxygen atoms in total. The summed E-state index contributed by atoms with van der Waals surface area (Å²) in [6.45, 7) is 11.4. The summed E-state index contributed by atoms with van der Waals surface area (Å²) in [6.07, 6.45) is 0. The molecule has 0 saturated carbocycles. The van der Waals surface area contributed by atoms with E-state index in [0.29, 0.717) is 33.1 Å². The highest BCUT2D eigenvalue weighted by Gasteiger charge is 2.14. The van der Waals surface area contributed by atoms with Crippen molar-refractivity contribution in [3.63, 3.8) is 0 Å². The van der Waals surface area contributed by atoms with Crippen LogP contribution in [0.5, 0.6) is 11.5 Å². The fraction of sp³-hybridized carbons (Fsp3) is 0.316. The maximum absolute atomic E-state index is 12.4. The molecule has 1 aromatic heterocycles. The fourth-order valence-electron chi connectivity index (χ4n) is 2.23. The summed E-state index contributed by atoms with van der Waals surface area (Å²) >= 11 is 0. The van der Waals surface area contributed by atoms with E-state index in [4.69, 9.17) is 4.42 Å². The number of fused-ring (bicyclic) bond motifs is 2. The van der Waals surface area contributed by atoms with E-state index in [-0.39, 0.29) is 16.9 Å². The van der Waals surface area contributed by atoms with E-state index in [1.54, 1.807) is 26.0 Å². The zero-order valence-electron chi connectivity index (χ0n) is 14.5. The van der Waals surface area contributed by atoms with E-state index in [0.717, 1.165) is 0 Å². The number of hydrogen-bond donors (Lipinski definition) is 2. The van der Waals surface area contributed by atoms with E-state index >= 15 is 0 Å². The quantitative estimate of drug-likeness (QED) is 0.571. The number of phenols is 2. The first-order valence-electron chi connectivity index (χ1n) is 7.88. The van der Waals surface area contributed by atoms with Crippen molar-refractivity contribution in [1.82, 2.24) is 0 Å². The molecule has 4 heteroatoms. The first-order valence-corrected chi connectivity index (χ1v) is 7.88. The van der Waals surface area contributed by atoms with Gasteiger partial charge in [0.1, 0.15) is 22.7 Å². The van der Waals surface area contributed by atoms with Crippen LogP contribution in [0.3, 0.4) is 0 Å². The number of rotatable bonds is 0. The zero-order valence-corrected chi connectivity index (χ0v) is 14.5. The normalized spacial score (nSPS) is 9.83. The topological polar surface area (TPSA) is 70.7 Å². The predicted molar refractivity (Wildman–Crippen MR) is 95.5 cm³/mol. The van der Waals surface area contributed by atoms with Gasteiger partial charge in [0.25, 0.3) is 0 Å². The van der Waals surface area contributed by atoms with Crippen molar-refractivity contribution in [1.29, 1.82) is 0 Å². The Hall–Kier alpha value is -2.49. The molecule has 124 valence electrons. The van der Waals surface area contributed by atoms with Crippen molar-refractivity contribution >= 4 is 21.9 Å². The van der Waals surface area contributed by atoms with Gasteiger partial charge in [-0.3, -0.25) is 4.79 Å². The SMILES string of the molecule is CC.CC.Cc1c(O)ccc2c(=O)c3ccc(O)c(C)c3oc12. The smallest absolute Gasteiger partial charge is 0.200 e. The molecule has 3 aromatic rings.